The van der Waals surface area contributed by atoms with Gasteiger partial charge in [-0.1, -0.05) is 24.3 Å². The summed E-state index contributed by atoms with van der Waals surface area (Å²) in [6.07, 6.45) is 0. The van der Waals surface area contributed by atoms with Gasteiger partial charge >= 0.3 is 0 Å². The number of carbonyl (C=O) groups excluding carboxylic acids is 1. The van der Waals surface area contributed by atoms with Gasteiger partial charge in [-0.05, 0) is 62.2 Å². The Morgan fingerprint density at radius 3 is 2.57 bits per heavy atom. The number of aromatic nitrogens is 2. The lowest BCUT2D eigenvalue weighted by atomic mass is 10.1. The third kappa shape index (κ3) is 5.00. The molecule has 0 spiro atoms. The highest BCUT2D eigenvalue weighted by molar-refractivity contribution is 5.94. The highest BCUT2D eigenvalue weighted by Crippen LogP contribution is 2.13. The lowest BCUT2D eigenvalue weighted by Crippen LogP contribution is -2.31. The van der Waals surface area contributed by atoms with Crippen LogP contribution in [0, 0.1) is 20.8 Å². The molecule has 2 aromatic carbocycles. The van der Waals surface area contributed by atoms with Crippen molar-refractivity contribution < 1.29 is 9.53 Å². The molecular weight excluding hydrogens is 350 g/mol. The van der Waals surface area contributed by atoms with Gasteiger partial charge in [-0.3, -0.25) is 9.48 Å². The predicted octanol–water partition coefficient (Wildman–Crippen LogP) is 4.01. The van der Waals surface area contributed by atoms with Gasteiger partial charge in [-0.15, -0.1) is 0 Å². The monoisotopic (exact) mass is 377 g/mol. The van der Waals surface area contributed by atoms with E-state index in [1.807, 2.05) is 74.0 Å². The number of hydrogen-bond donors (Lipinski definition) is 0. The highest BCUT2D eigenvalue weighted by Gasteiger charge is 2.13. The van der Waals surface area contributed by atoms with E-state index in [1.165, 1.54) is 0 Å². The van der Waals surface area contributed by atoms with E-state index in [-0.39, 0.29) is 5.91 Å². The Kier molecular flexibility index (Phi) is 6.14. The number of likely N-dealkylation sites (N-methyl/N-ethyl adjacent to an activating group) is 1. The molecule has 0 fully saturated rings. The molecule has 0 aliphatic carbocycles. The average Bonchev–Trinajstić information content (AvgIpc) is 2.98. The summed E-state index contributed by atoms with van der Waals surface area (Å²) in [6.45, 7) is 7.68. The first-order chi connectivity index (χ1) is 13.4. The van der Waals surface area contributed by atoms with Crippen molar-refractivity contribution in [3.05, 3.63) is 82.7 Å². The summed E-state index contributed by atoms with van der Waals surface area (Å²) in [5.74, 6) is 0.816. The first kappa shape index (κ1) is 19.7. The third-order valence-electron chi connectivity index (χ3n) is 4.64. The zero-order chi connectivity index (χ0) is 20.1. The van der Waals surface area contributed by atoms with Crippen LogP contribution in [0.5, 0.6) is 5.75 Å². The van der Waals surface area contributed by atoms with Crippen molar-refractivity contribution in [3.63, 3.8) is 0 Å². The lowest BCUT2D eigenvalue weighted by Gasteiger charge is -2.18. The van der Waals surface area contributed by atoms with Gasteiger partial charge in [0.25, 0.3) is 5.91 Å². The first-order valence-electron chi connectivity index (χ1n) is 9.47. The van der Waals surface area contributed by atoms with E-state index >= 15 is 0 Å². The zero-order valence-corrected chi connectivity index (χ0v) is 17.0. The molecule has 146 valence electrons. The van der Waals surface area contributed by atoms with Crippen LogP contribution in [0.3, 0.4) is 0 Å². The van der Waals surface area contributed by atoms with Crippen LogP contribution in [-0.4, -0.2) is 40.8 Å². The summed E-state index contributed by atoms with van der Waals surface area (Å²) in [7, 11) is 1.80. The van der Waals surface area contributed by atoms with Crippen LogP contribution < -0.4 is 4.74 Å². The molecule has 0 saturated heterocycles. The second-order valence-electron chi connectivity index (χ2n) is 7.18. The van der Waals surface area contributed by atoms with Gasteiger partial charge in [0.1, 0.15) is 12.4 Å². The van der Waals surface area contributed by atoms with E-state index in [9.17, 15) is 4.79 Å². The fourth-order valence-electron chi connectivity index (χ4n) is 3.14. The Bertz CT molecular complexity index is 962. The van der Waals surface area contributed by atoms with Crippen LogP contribution in [0.2, 0.25) is 0 Å². The SMILES string of the molecule is Cc1cccc(OCCN(C)C(=O)c2cccc(Cn3nc(C)cc3C)c2)c1. The second-order valence-corrected chi connectivity index (χ2v) is 7.18. The van der Waals surface area contributed by atoms with Gasteiger partial charge in [0.15, 0.2) is 0 Å². The Hall–Kier alpha value is -3.08. The maximum atomic E-state index is 12.8. The van der Waals surface area contributed by atoms with Crippen LogP contribution in [0.25, 0.3) is 0 Å². The number of amides is 1. The maximum Gasteiger partial charge on any atom is 0.253 e. The normalized spacial score (nSPS) is 10.7. The van der Waals surface area contributed by atoms with Gasteiger partial charge in [-0.25, -0.2) is 0 Å². The summed E-state index contributed by atoms with van der Waals surface area (Å²) in [6, 6.07) is 17.7. The topological polar surface area (TPSA) is 47.4 Å². The van der Waals surface area contributed by atoms with Crippen molar-refractivity contribution in [3.8, 4) is 5.75 Å². The van der Waals surface area contributed by atoms with Crippen molar-refractivity contribution in [1.82, 2.24) is 14.7 Å². The zero-order valence-electron chi connectivity index (χ0n) is 17.0. The fourth-order valence-corrected chi connectivity index (χ4v) is 3.14. The molecule has 3 aromatic rings. The van der Waals surface area contributed by atoms with Gasteiger partial charge < -0.3 is 9.64 Å². The minimum Gasteiger partial charge on any atom is -0.492 e. The van der Waals surface area contributed by atoms with E-state index in [0.717, 1.165) is 28.3 Å². The van der Waals surface area contributed by atoms with Crippen LogP contribution in [0.1, 0.15) is 32.9 Å². The van der Waals surface area contributed by atoms with E-state index in [1.54, 1.807) is 11.9 Å². The Labute approximate surface area is 166 Å². The van der Waals surface area contributed by atoms with Crippen LogP contribution >= 0.6 is 0 Å². The van der Waals surface area contributed by atoms with Gasteiger partial charge in [-0.2, -0.15) is 5.10 Å². The van der Waals surface area contributed by atoms with Gasteiger partial charge in [0, 0.05) is 18.3 Å². The second kappa shape index (κ2) is 8.74. The van der Waals surface area contributed by atoms with Crippen molar-refractivity contribution >= 4 is 5.91 Å². The van der Waals surface area contributed by atoms with Crippen LogP contribution in [0.15, 0.2) is 54.6 Å². The standard InChI is InChI=1S/C23H27N3O2/c1-17-7-5-10-22(13-17)28-12-11-25(4)23(27)21-9-6-8-20(15-21)16-26-19(3)14-18(2)24-26/h5-10,13-15H,11-12,16H2,1-4H3. The molecule has 5 heteroatoms. The molecule has 0 bridgehead atoms. The number of aryl methyl sites for hydroxylation is 3. The quantitative estimate of drug-likeness (QED) is 0.625. The van der Waals surface area contributed by atoms with Crippen molar-refractivity contribution in [1.29, 1.82) is 0 Å². The molecule has 0 N–H and O–H groups in total. The lowest BCUT2D eigenvalue weighted by molar-refractivity contribution is 0.0773. The van der Waals surface area contributed by atoms with Crippen LogP contribution in [-0.2, 0) is 6.54 Å². The van der Waals surface area contributed by atoms with E-state index in [2.05, 4.69) is 11.2 Å². The number of hydrogen-bond acceptors (Lipinski definition) is 3. The molecule has 0 aliphatic rings. The molecule has 0 aliphatic heterocycles. The summed E-state index contributed by atoms with van der Waals surface area (Å²) in [4.78, 5) is 14.5. The fraction of sp³-hybridized carbons (Fsp3) is 0.304. The van der Waals surface area contributed by atoms with Crippen molar-refractivity contribution in [2.24, 2.45) is 0 Å². The molecule has 1 heterocycles. The smallest absolute Gasteiger partial charge is 0.253 e. The predicted molar refractivity (Wildman–Crippen MR) is 111 cm³/mol. The number of benzene rings is 2. The number of rotatable bonds is 7. The molecule has 0 saturated carbocycles. The number of carbonyl (C=O) groups is 1. The van der Waals surface area contributed by atoms with Crippen molar-refractivity contribution in [2.75, 3.05) is 20.2 Å². The molecule has 1 aromatic heterocycles. The largest absolute Gasteiger partial charge is 0.492 e. The highest BCUT2D eigenvalue weighted by atomic mass is 16.5. The molecule has 5 nitrogen and oxygen atoms in total. The average molecular weight is 377 g/mol. The Morgan fingerprint density at radius 1 is 1.07 bits per heavy atom. The maximum absolute atomic E-state index is 12.8. The number of nitrogens with zero attached hydrogens (tertiary/aromatic N) is 3. The molecule has 1 amide bonds. The molecule has 0 unspecified atom stereocenters. The summed E-state index contributed by atoms with van der Waals surface area (Å²) >= 11 is 0. The van der Waals surface area contributed by atoms with E-state index < -0.39 is 0 Å². The van der Waals surface area contributed by atoms with E-state index in [0.29, 0.717) is 25.3 Å². The van der Waals surface area contributed by atoms with Crippen LogP contribution in [0.4, 0.5) is 0 Å². The van der Waals surface area contributed by atoms with Crippen molar-refractivity contribution in [2.45, 2.75) is 27.3 Å². The molecule has 0 atom stereocenters. The first-order valence-corrected chi connectivity index (χ1v) is 9.47. The third-order valence-corrected chi connectivity index (χ3v) is 4.64. The molecule has 0 radical (unpaired) electrons. The summed E-state index contributed by atoms with van der Waals surface area (Å²) in [5.41, 5.74) is 5.00. The Balaban J connectivity index is 1.59. The molecular formula is C23H27N3O2. The number of ether oxygens (including phenoxy) is 1. The van der Waals surface area contributed by atoms with Gasteiger partial charge in [0.05, 0.1) is 18.8 Å². The molecule has 28 heavy (non-hydrogen) atoms. The summed E-state index contributed by atoms with van der Waals surface area (Å²) < 4.78 is 7.71. The minimum absolute atomic E-state index is 0.0111. The van der Waals surface area contributed by atoms with Gasteiger partial charge in [0.2, 0.25) is 0 Å². The minimum atomic E-state index is -0.0111. The Morgan fingerprint density at radius 2 is 1.86 bits per heavy atom. The molecule has 3 rings (SSSR count). The summed E-state index contributed by atoms with van der Waals surface area (Å²) in [5, 5.41) is 4.50. The van der Waals surface area contributed by atoms with E-state index in [4.69, 9.17) is 4.74 Å².